The van der Waals surface area contributed by atoms with Gasteiger partial charge in [0.05, 0.1) is 0 Å². The zero-order chi connectivity index (χ0) is 16.2. The third kappa shape index (κ3) is 3.55. The van der Waals surface area contributed by atoms with Crippen LogP contribution in [-0.2, 0) is 6.61 Å². The van der Waals surface area contributed by atoms with Crippen LogP contribution in [0.1, 0.15) is 16.1 Å². The molecule has 1 heterocycles. The van der Waals surface area contributed by atoms with Gasteiger partial charge in [-0.2, -0.15) is 0 Å². The maximum atomic E-state index is 12.8. The maximum Gasteiger partial charge on any atom is 0.358 e. The number of rotatable bonds is 5. The van der Waals surface area contributed by atoms with E-state index in [-0.39, 0.29) is 11.5 Å². The monoisotopic (exact) mass is 313 g/mol. The van der Waals surface area contributed by atoms with Gasteiger partial charge in [-0.25, -0.2) is 9.18 Å². The molecule has 116 valence electrons. The summed E-state index contributed by atoms with van der Waals surface area (Å²) in [5.41, 5.74) is 1.41. The molecule has 0 aliphatic heterocycles. The minimum atomic E-state index is -1.14. The van der Waals surface area contributed by atoms with Gasteiger partial charge in [-0.1, -0.05) is 17.3 Å². The molecule has 3 aromatic rings. The van der Waals surface area contributed by atoms with Crippen molar-refractivity contribution in [3.8, 4) is 17.1 Å². The quantitative estimate of drug-likeness (QED) is 0.776. The average molecular weight is 313 g/mol. The summed E-state index contributed by atoms with van der Waals surface area (Å²) >= 11 is 0. The van der Waals surface area contributed by atoms with E-state index >= 15 is 0 Å². The molecule has 0 unspecified atom stereocenters. The van der Waals surface area contributed by atoms with Gasteiger partial charge in [-0.15, -0.1) is 0 Å². The van der Waals surface area contributed by atoms with Crippen molar-refractivity contribution in [2.45, 2.75) is 6.61 Å². The number of carboxylic acid groups (broad SMARTS) is 1. The van der Waals surface area contributed by atoms with Crippen LogP contribution in [-0.4, -0.2) is 16.2 Å². The SMILES string of the molecule is O=C(O)c1cc(-c2ccc(OCc3ccc(F)cc3)cc2)on1. The summed E-state index contributed by atoms with van der Waals surface area (Å²) < 4.78 is 23.4. The van der Waals surface area contributed by atoms with Crippen LogP contribution in [0.15, 0.2) is 59.1 Å². The molecule has 0 saturated heterocycles. The normalized spacial score (nSPS) is 10.5. The van der Waals surface area contributed by atoms with Crippen LogP contribution >= 0.6 is 0 Å². The lowest BCUT2D eigenvalue weighted by molar-refractivity contribution is 0.0686. The minimum absolute atomic E-state index is 0.142. The highest BCUT2D eigenvalue weighted by atomic mass is 19.1. The Morgan fingerprint density at radius 3 is 2.43 bits per heavy atom. The van der Waals surface area contributed by atoms with Crippen LogP contribution in [0, 0.1) is 5.82 Å². The van der Waals surface area contributed by atoms with E-state index in [1.807, 2.05) is 0 Å². The smallest absolute Gasteiger partial charge is 0.358 e. The van der Waals surface area contributed by atoms with E-state index in [9.17, 15) is 9.18 Å². The summed E-state index contributed by atoms with van der Waals surface area (Å²) in [6.07, 6.45) is 0. The minimum Gasteiger partial charge on any atom is -0.489 e. The standard InChI is InChI=1S/C17H12FNO4/c18-13-5-1-11(2-6-13)10-22-14-7-3-12(4-8-14)16-9-15(17(20)21)19-23-16/h1-9H,10H2,(H,20,21). The predicted molar refractivity (Wildman–Crippen MR) is 79.6 cm³/mol. The fourth-order valence-electron chi connectivity index (χ4n) is 1.97. The Balaban J connectivity index is 1.66. The molecule has 1 aromatic heterocycles. The molecule has 0 bridgehead atoms. The van der Waals surface area contributed by atoms with Crippen molar-refractivity contribution < 1.29 is 23.6 Å². The number of nitrogens with zero attached hydrogens (tertiary/aromatic N) is 1. The van der Waals surface area contributed by atoms with E-state index in [1.165, 1.54) is 18.2 Å². The zero-order valence-electron chi connectivity index (χ0n) is 11.9. The highest BCUT2D eigenvalue weighted by Crippen LogP contribution is 2.23. The number of carboxylic acids is 1. The van der Waals surface area contributed by atoms with Crippen LogP contribution in [0.5, 0.6) is 5.75 Å². The van der Waals surface area contributed by atoms with E-state index in [0.29, 0.717) is 23.7 Å². The lowest BCUT2D eigenvalue weighted by Crippen LogP contribution is -1.95. The molecule has 6 heteroatoms. The Hall–Kier alpha value is -3.15. The summed E-state index contributed by atoms with van der Waals surface area (Å²) in [4.78, 5) is 10.8. The number of hydrogen-bond donors (Lipinski definition) is 1. The Morgan fingerprint density at radius 1 is 1.13 bits per heavy atom. The van der Waals surface area contributed by atoms with Gasteiger partial charge in [0.15, 0.2) is 11.5 Å². The summed E-state index contributed by atoms with van der Waals surface area (Å²) in [5.74, 6) is -0.423. The molecule has 5 nitrogen and oxygen atoms in total. The Kier molecular flexibility index (Phi) is 4.05. The molecule has 2 aromatic carbocycles. The van der Waals surface area contributed by atoms with Crippen molar-refractivity contribution in [2.24, 2.45) is 0 Å². The average Bonchev–Trinajstić information content (AvgIpc) is 3.05. The first-order chi connectivity index (χ1) is 11.1. The molecule has 0 radical (unpaired) electrons. The lowest BCUT2D eigenvalue weighted by atomic mass is 10.1. The van der Waals surface area contributed by atoms with Crippen molar-refractivity contribution in [1.82, 2.24) is 5.16 Å². The number of benzene rings is 2. The Bertz CT molecular complexity index is 809. The van der Waals surface area contributed by atoms with Crippen LogP contribution in [0.4, 0.5) is 4.39 Å². The van der Waals surface area contributed by atoms with Gasteiger partial charge in [-0.3, -0.25) is 0 Å². The molecule has 0 amide bonds. The number of aromatic nitrogens is 1. The van der Waals surface area contributed by atoms with Crippen molar-refractivity contribution >= 4 is 5.97 Å². The van der Waals surface area contributed by atoms with Gasteiger partial charge in [0.25, 0.3) is 0 Å². The first-order valence-corrected chi connectivity index (χ1v) is 6.79. The highest BCUT2D eigenvalue weighted by molar-refractivity contribution is 5.86. The molecule has 0 aliphatic carbocycles. The van der Waals surface area contributed by atoms with Crippen LogP contribution in [0.3, 0.4) is 0 Å². The topological polar surface area (TPSA) is 72.6 Å². The fourth-order valence-corrected chi connectivity index (χ4v) is 1.97. The second kappa shape index (κ2) is 6.31. The molecule has 0 fully saturated rings. The first-order valence-electron chi connectivity index (χ1n) is 6.79. The molecule has 0 saturated carbocycles. The van der Waals surface area contributed by atoms with Crippen molar-refractivity contribution in [3.05, 3.63) is 71.7 Å². The summed E-state index contributed by atoms with van der Waals surface area (Å²) in [6, 6.07) is 14.4. The van der Waals surface area contributed by atoms with Gasteiger partial charge < -0.3 is 14.4 Å². The lowest BCUT2D eigenvalue weighted by Gasteiger charge is -2.06. The summed E-state index contributed by atoms with van der Waals surface area (Å²) in [5, 5.41) is 12.3. The van der Waals surface area contributed by atoms with Gasteiger partial charge in [0.1, 0.15) is 18.2 Å². The van der Waals surface area contributed by atoms with E-state index in [0.717, 1.165) is 5.56 Å². The molecule has 1 N–H and O–H groups in total. The second-order valence-corrected chi connectivity index (χ2v) is 4.82. The van der Waals surface area contributed by atoms with Crippen molar-refractivity contribution in [2.75, 3.05) is 0 Å². The molecule has 0 aliphatic rings. The van der Waals surface area contributed by atoms with E-state index < -0.39 is 5.97 Å². The first kappa shape index (κ1) is 14.8. The maximum absolute atomic E-state index is 12.8. The molecule has 0 atom stereocenters. The van der Waals surface area contributed by atoms with Crippen molar-refractivity contribution in [3.63, 3.8) is 0 Å². The largest absolute Gasteiger partial charge is 0.489 e. The molecule has 3 rings (SSSR count). The van der Waals surface area contributed by atoms with E-state index in [2.05, 4.69) is 5.16 Å². The second-order valence-electron chi connectivity index (χ2n) is 4.82. The van der Waals surface area contributed by atoms with Crippen LogP contribution in [0.25, 0.3) is 11.3 Å². The van der Waals surface area contributed by atoms with Gasteiger partial charge in [0, 0.05) is 11.6 Å². The molecule has 0 spiro atoms. The van der Waals surface area contributed by atoms with E-state index in [1.54, 1.807) is 36.4 Å². The van der Waals surface area contributed by atoms with Crippen LogP contribution in [0.2, 0.25) is 0 Å². The predicted octanol–water partition coefficient (Wildman–Crippen LogP) is 3.76. The molecule has 23 heavy (non-hydrogen) atoms. The Morgan fingerprint density at radius 2 is 1.83 bits per heavy atom. The van der Waals surface area contributed by atoms with Gasteiger partial charge in [0.2, 0.25) is 0 Å². The number of halogens is 1. The van der Waals surface area contributed by atoms with E-state index in [4.69, 9.17) is 14.4 Å². The number of carbonyl (C=O) groups is 1. The number of hydrogen-bond acceptors (Lipinski definition) is 4. The van der Waals surface area contributed by atoms with Gasteiger partial charge in [-0.05, 0) is 42.0 Å². The van der Waals surface area contributed by atoms with Gasteiger partial charge >= 0.3 is 5.97 Å². The fraction of sp³-hybridized carbons (Fsp3) is 0.0588. The Labute approximate surface area is 130 Å². The zero-order valence-corrected chi connectivity index (χ0v) is 11.9. The van der Waals surface area contributed by atoms with Crippen molar-refractivity contribution in [1.29, 1.82) is 0 Å². The third-order valence-corrected chi connectivity index (χ3v) is 3.19. The summed E-state index contributed by atoms with van der Waals surface area (Å²) in [6.45, 7) is 0.325. The summed E-state index contributed by atoms with van der Waals surface area (Å²) in [7, 11) is 0. The molecular formula is C17H12FNO4. The molecular weight excluding hydrogens is 301 g/mol. The van der Waals surface area contributed by atoms with Crippen LogP contribution < -0.4 is 4.74 Å². The third-order valence-electron chi connectivity index (χ3n) is 3.19. The number of aromatic carboxylic acids is 1. The number of ether oxygens (including phenoxy) is 1. The highest BCUT2D eigenvalue weighted by Gasteiger charge is 2.12.